The van der Waals surface area contributed by atoms with E-state index in [1.165, 1.54) is 38.5 Å². The molecule has 0 radical (unpaired) electrons. The van der Waals surface area contributed by atoms with Gasteiger partial charge in [0, 0.05) is 32.1 Å². The normalized spacial score (nSPS) is 24.9. The van der Waals surface area contributed by atoms with Gasteiger partial charge in [-0.05, 0) is 25.7 Å². The zero-order chi connectivity index (χ0) is 12.8. The highest BCUT2D eigenvalue weighted by Crippen LogP contribution is 2.27. The number of halogens is 1. The second-order valence-electron chi connectivity index (χ2n) is 6.04. The lowest BCUT2D eigenvalue weighted by Crippen LogP contribution is -2.52. The predicted octanol–water partition coefficient (Wildman–Crippen LogP) is 2.98. The molecule has 0 bridgehead atoms. The van der Waals surface area contributed by atoms with Crippen LogP contribution in [0.5, 0.6) is 0 Å². The topological polar surface area (TPSA) is 32.3 Å². The van der Waals surface area contributed by atoms with Crippen LogP contribution in [0.3, 0.4) is 0 Å². The third kappa shape index (κ3) is 5.31. The molecule has 2 fully saturated rings. The Morgan fingerprint density at radius 3 is 2.68 bits per heavy atom. The van der Waals surface area contributed by atoms with Crippen molar-refractivity contribution in [3.05, 3.63) is 0 Å². The van der Waals surface area contributed by atoms with Crippen molar-refractivity contribution >= 4 is 18.3 Å². The van der Waals surface area contributed by atoms with Crippen LogP contribution in [0.1, 0.15) is 58.3 Å². The minimum Gasteiger partial charge on any atom is -0.337 e. The molecule has 0 aromatic carbocycles. The molecular weight excluding hydrogens is 260 g/mol. The summed E-state index contributed by atoms with van der Waals surface area (Å²) in [4.78, 5) is 14.2. The van der Waals surface area contributed by atoms with Crippen molar-refractivity contribution < 1.29 is 4.79 Å². The van der Waals surface area contributed by atoms with Crippen molar-refractivity contribution in [1.82, 2.24) is 10.2 Å². The molecule has 4 heteroatoms. The van der Waals surface area contributed by atoms with E-state index in [4.69, 9.17) is 0 Å². The van der Waals surface area contributed by atoms with Gasteiger partial charge in [-0.25, -0.2) is 0 Å². The van der Waals surface area contributed by atoms with Crippen LogP contribution in [0.25, 0.3) is 0 Å². The van der Waals surface area contributed by atoms with E-state index in [1.807, 2.05) is 0 Å². The highest BCUT2D eigenvalue weighted by molar-refractivity contribution is 5.85. The van der Waals surface area contributed by atoms with E-state index in [1.54, 1.807) is 0 Å². The molecule has 0 aromatic heterocycles. The zero-order valence-corrected chi connectivity index (χ0v) is 13.0. The molecule has 1 amide bonds. The van der Waals surface area contributed by atoms with Gasteiger partial charge < -0.3 is 10.2 Å². The van der Waals surface area contributed by atoms with Gasteiger partial charge in [-0.2, -0.15) is 0 Å². The van der Waals surface area contributed by atoms with E-state index in [0.717, 1.165) is 38.4 Å². The minimum atomic E-state index is 0. The molecule has 1 aliphatic carbocycles. The minimum absolute atomic E-state index is 0. The van der Waals surface area contributed by atoms with Gasteiger partial charge in [-0.1, -0.05) is 32.1 Å². The van der Waals surface area contributed by atoms with Crippen molar-refractivity contribution in [2.24, 2.45) is 5.92 Å². The second kappa shape index (κ2) is 8.80. The standard InChI is InChI=1S/C15H28N2O.ClH/c1-13-12-16-10-11-17(13)15(18)9-5-8-14-6-3-2-4-7-14;/h13-14,16H,2-12H2,1H3;1H. The fraction of sp³-hybridized carbons (Fsp3) is 0.933. The molecule has 1 saturated carbocycles. The molecule has 3 nitrogen and oxygen atoms in total. The number of piperazine rings is 1. The Hall–Kier alpha value is -0.280. The van der Waals surface area contributed by atoms with Crippen molar-refractivity contribution in [2.75, 3.05) is 19.6 Å². The third-order valence-electron chi connectivity index (χ3n) is 4.55. The van der Waals surface area contributed by atoms with E-state index < -0.39 is 0 Å². The van der Waals surface area contributed by atoms with Crippen molar-refractivity contribution in [1.29, 1.82) is 0 Å². The number of amides is 1. The Labute approximate surface area is 123 Å². The molecule has 112 valence electrons. The molecule has 1 saturated heterocycles. The molecule has 2 rings (SSSR count). The van der Waals surface area contributed by atoms with Crippen LogP contribution < -0.4 is 5.32 Å². The monoisotopic (exact) mass is 288 g/mol. The lowest BCUT2D eigenvalue weighted by atomic mass is 9.86. The summed E-state index contributed by atoms with van der Waals surface area (Å²) in [5.74, 6) is 1.28. The lowest BCUT2D eigenvalue weighted by Gasteiger charge is -2.34. The highest BCUT2D eigenvalue weighted by atomic mass is 35.5. The summed E-state index contributed by atoms with van der Waals surface area (Å²) in [5.41, 5.74) is 0. The fourth-order valence-electron chi connectivity index (χ4n) is 3.37. The number of nitrogens with one attached hydrogen (secondary N) is 1. The Morgan fingerprint density at radius 2 is 2.00 bits per heavy atom. The fourth-order valence-corrected chi connectivity index (χ4v) is 3.37. The van der Waals surface area contributed by atoms with E-state index in [9.17, 15) is 4.79 Å². The maximum Gasteiger partial charge on any atom is 0.222 e. The Morgan fingerprint density at radius 1 is 1.26 bits per heavy atom. The molecule has 1 heterocycles. The molecule has 0 aromatic rings. The van der Waals surface area contributed by atoms with E-state index in [-0.39, 0.29) is 12.4 Å². The van der Waals surface area contributed by atoms with Gasteiger partial charge in [0.2, 0.25) is 5.91 Å². The largest absolute Gasteiger partial charge is 0.337 e. The Bertz CT molecular complexity index is 267. The first-order chi connectivity index (χ1) is 8.77. The van der Waals surface area contributed by atoms with Gasteiger partial charge in [0.15, 0.2) is 0 Å². The van der Waals surface area contributed by atoms with Gasteiger partial charge in [0.05, 0.1) is 0 Å². The zero-order valence-electron chi connectivity index (χ0n) is 12.2. The number of carbonyl (C=O) groups is 1. The van der Waals surface area contributed by atoms with Gasteiger partial charge in [-0.3, -0.25) is 4.79 Å². The summed E-state index contributed by atoms with van der Waals surface area (Å²) in [6, 6.07) is 0.376. The number of carbonyl (C=O) groups excluding carboxylic acids is 1. The van der Waals surface area contributed by atoms with Crippen LogP contribution in [0.2, 0.25) is 0 Å². The smallest absolute Gasteiger partial charge is 0.222 e. The molecular formula is C15H29ClN2O. The molecule has 1 N–H and O–H groups in total. The Balaban J connectivity index is 0.00000180. The first-order valence-electron chi connectivity index (χ1n) is 7.77. The second-order valence-corrected chi connectivity index (χ2v) is 6.04. The number of nitrogens with zero attached hydrogens (tertiary/aromatic N) is 1. The lowest BCUT2D eigenvalue weighted by molar-refractivity contribution is -0.134. The maximum atomic E-state index is 12.1. The van der Waals surface area contributed by atoms with Crippen molar-refractivity contribution in [3.8, 4) is 0 Å². The van der Waals surface area contributed by atoms with Gasteiger partial charge in [-0.15, -0.1) is 12.4 Å². The van der Waals surface area contributed by atoms with E-state index in [0.29, 0.717) is 11.9 Å². The van der Waals surface area contributed by atoms with Crippen LogP contribution in [0, 0.1) is 5.92 Å². The van der Waals surface area contributed by atoms with Crippen molar-refractivity contribution in [3.63, 3.8) is 0 Å². The van der Waals surface area contributed by atoms with Gasteiger partial charge in [0.25, 0.3) is 0 Å². The average Bonchev–Trinajstić information content (AvgIpc) is 2.40. The quantitative estimate of drug-likeness (QED) is 0.862. The highest BCUT2D eigenvalue weighted by Gasteiger charge is 2.22. The predicted molar refractivity (Wildman–Crippen MR) is 81.7 cm³/mol. The van der Waals surface area contributed by atoms with E-state index in [2.05, 4.69) is 17.1 Å². The average molecular weight is 289 g/mol. The SMILES string of the molecule is CC1CNCCN1C(=O)CCCC1CCCCC1.Cl. The van der Waals surface area contributed by atoms with Crippen LogP contribution in [0.15, 0.2) is 0 Å². The Kier molecular flexibility index (Phi) is 7.77. The third-order valence-corrected chi connectivity index (χ3v) is 4.55. The maximum absolute atomic E-state index is 12.1. The molecule has 2 aliphatic rings. The molecule has 1 aliphatic heterocycles. The summed E-state index contributed by atoms with van der Waals surface area (Å²) < 4.78 is 0. The summed E-state index contributed by atoms with van der Waals surface area (Å²) in [6.07, 6.45) is 10.2. The molecule has 1 unspecified atom stereocenters. The van der Waals surface area contributed by atoms with Crippen LogP contribution >= 0.6 is 12.4 Å². The summed E-state index contributed by atoms with van der Waals surface area (Å²) in [7, 11) is 0. The molecule has 0 spiro atoms. The first kappa shape index (κ1) is 16.8. The summed E-state index contributed by atoms with van der Waals surface area (Å²) >= 11 is 0. The molecule has 1 atom stereocenters. The number of rotatable bonds is 4. The van der Waals surface area contributed by atoms with Crippen molar-refractivity contribution in [2.45, 2.75) is 64.3 Å². The molecule has 19 heavy (non-hydrogen) atoms. The van der Waals surface area contributed by atoms with Gasteiger partial charge >= 0.3 is 0 Å². The van der Waals surface area contributed by atoms with Crippen LogP contribution in [0.4, 0.5) is 0 Å². The summed E-state index contributed by atoms with van der Waals surface area (Å²) in [6.45, 7) is 4.95. The number of hydrogen-bond donors (Lipinski definition) is 1. The first-order valence-corrected chi connectivity index (χ1v) is 7.77. The van der Waals surface area contributed by atoms with Crippen LogP contribution in [-0.2, 0) is 4.79 Å². The summed E-state index contributed by atoms with van der Waals surface area (Å²) in [5, 5.41) is 3.33. The van der Waals surface area contributed by atoms with E-state index >= 15 is 0 Å². The van der Waals surface area contributed by atoms with Gasteiger partial charge in [0.1, 0.15) is 0 Å². The number of hydrogen-bond acceptors (Lipinski definition) is 2. The van der Waals surface area contributed by atoms with Crippen LogP contribution in [-0.4, -0.2) is 36.5 Å².